The number of aromatic nitrogens is 2. The Kier molecular flexibility index (Phi) is 4.37. The molecule has 3 aromatic rings. The van der Waals surface area contributed by atoms with Gasteiger partial charge in [-0.1, -0.05) is 11.6 Å². The highest BCUT2D eigenvalue weighted by Crippen LogP contribution is 2.35. The van der Waals surface area contributed by atoms with Crippen LogP contribution in [0.2, 0.25) is 5.02 Å². The maximum atomic E-state index is 14.7. The number of morpholine rings is 1. The molecule has 0 spiro atoms. The standard InChI is InChI=1S/C17H13ClF3N3O2/c18-10-7-13-14(8-15(22-13)26-21)23-17(10)16-11(19)5-9(6-12(16)20)24-1-3-25-4-2-24/h5-8,22H,1-4H2. The van der Waals surface area contributed by atoms with Crippen molar-refractivity contribution in [2.75, 3.05) is 31.2 Å². The number of hydrogen-bond donors (Lipinski definition) is 1. The number of anilines is 1. The summed E-state index contributed by atoms with van der Waals surface area (Å²) in [7, 11) is 0. The molecule has 9 heteroatoms. The number of hydrogen-bond acceptors (Lipinski definition) is 4. The van der Waals surface area contributed by atoms with Gasteiger partial charge in [-0.05, 0) is 18.2 Å². The number of H-pyrrole nitrogens is 1. The van der Waals surface area contributed by atoms with Gasteiger partial charge in [0.2, 0.25) is 5.88 Å². The fourth-order valence-corrected chi connectivity index (χ4v) is 3.26. The van der Waals surface area contributed by atoms with Crippen molar-refractivity contribution in [2.45, 2.75) is 0 Å². The minimum atomic E-state index is -0.780. The van der Waals surface area contributed by atoms with Gasteiger partial charge in [0.15, 0.2) is 0 Å². The highest BCUT2D eigenvalue weighted by molar-refractivity contribution is 6.33. The van der Waals surface area contributed by atoms with Crippen molar-refractivity contribution in [1.29, 1.82) is 0 Å². The molecular weight excluding hydrogens is 371 g/mol. The molecule has 1 aromatic carbocycles. The fraction of sp³-hybridized carbons (Fsp3) is 0.235. The van der Waals surface area contributed by atoms with Gasteiger partial charge in [0.1, 0.15) is 11.6 Å². The summed E-state index contributed by atoms with van der Waals surface area (Å²) in [5.74, 6) is -1.74. The Labute approximate surface area is 151 Å². The Morgan fingerprint density at radius 1 is 1.12 bits per heavy atom. The molecule has 0 aliphatic carbocycles. The van der Waals surface area contributed by atoms with Crippen molar-refractivity contribution in [3.63, 3.8) is 0 Å². The fourth-order valence-electron chi connectivity index (χ4n) is 3.01. The van der Waals surface area contributed by atoms with Crippen LogP contribution in [-0.4, -0.2) is 36.3 Å². The number of benzene rings is 1. The number of ether oxygens (including phenoxy) is 1. The van der Waals surface area contributed by atoms with Crippen LogP contribution in [0.4, 0.5) is 19.0 Å². The van der Waals surface area contributed by atoms with E-state index in [1.54, 1.807) is 0 Å². The topological polar surface area (TPSA) is 50.4 Å². The minimum Gasteiger partial charge on any atom is -0.378 e. The van der Waals surface area contributed by atoms with Crippen LogP contribution in [0.1, 0.15) is 0 Å². The van der Waals surface area contributed by atoms with Crippen LogP contribution in [0.3, 0.4) is 0 Å². The van der Waals surface area contributed by atoms with E-state index in [0.29, 0.717) is 37.5 Å². The summed E-state index contributed by atoms with van der Waals surface area (Å²) >= 11 is 6.15. The first-order valence-corrected chi connectivity index (χ1v) is 8.24. The molecule has 3 heterocycles. The van der Waals surface area contributed by atoms with Crippen LogP contribution < -0.4 is 9.84 Å². The van der Waals surface area contributed by atoms with E-state index in [9.17, 15) is 13.3 Å². The lowest BCUT2D eigenvalue weighted by atomic mass is 10.1. The predicted molar refractivity (Wildman–Crippen MR) is 91.2 cm³/mol. The lowest BCUT2D eigenvalue weighted by molar-refractivity contribution is -0.0109. The second-order valence-electron chi connectivity index (χ2n) is 5.85. The average Bonchev–Trinajstić information content (AvgIpc) is 3.04. The van der Waals surface area contributed by atoms with E-state index in [2.05, 4.69) is 14.9 Å². The van der Waals surface area contributed by atoms with Gasteiger partial charge >= 0.3 is 0 Å². The molecular formula is C17H13ClF3N3O2. The molecule has 0 saturated carbocycles. The molecule has 4 rings (SSSR count). The van der Waals surface area contributed by atoms with Crippen LogP contribution >= 0.6 is 11.6 Å². The number of fused-ring (bicyclic) bond motifs is 1. The molecule has 136 valence electrons. The van der Waals surface area contributed by atoms with Crippen molar-refractivity contribution in [2.24, 2.45) is 0 Å². The number of rotatable bonds is 3. The molecule has 0 atom stereocenters. The van der Waals surface area contributed by atoms with Crippen LogP contribution in [-0.2, 0) is 4.74 Å². The highest BCUT2D eigenvalue weighted by atomic mass is 35.5. The summed E-state index contributed by atoms with van der Waals surface area (Å²) in [6.07, 6.45) is 0. The zero-order valence-electron chi connectivity index (χ0n) is 13.4. The first-order valence-electron chi connectivity index (χ1n) is 7.87. The van der Waals surface area contributed by atoms with E-state index in [1.165, 1.54) is 24.3 Å². The molecule has 26 heavy (non-hydrogen) atoms. The number of halogens is 4. The molecule has 0 bridgehead atoms. The second-order valence-corrected chi connectivity index (χ2v) is 6.25. The van der Waals surface area contributed by atoms with Gasteiger partial charge in [-0.3, -0.25) is 4.94 Å². The number of aromatic amines is 1. The van der Waals surface area contributed by atoms with Gasteiger partial charge in [0, 0.05) is 29.4 Å². The van der Waals surface area contributed by atoms with Gasteiger partial charge < -0.3 is 14.6 Å². The van der Waals surface area contributed by atoms with Gasteiger partial charge in [0.25, 0.3) is 0 Å². The van der Waals surface area contributed by atoms with Crippen molar-refractivity contribution in [3.05, 3.63) is 40.9 Å². The van der Waals surface area contributed by atoms with Crippen molar-refractivity contribution < 1.29 is 23.0 Å². The van der Waals surface area contributed by atoms with Gasteiger partial charge in [-0.2, -0.15) is 0 Å². The average molecular weight is 384 g/mol. The third kappa shape index (κ3) is 2.95. The zero-order chi connectivity index (χ0) is 18.3. The molecule has 0 amide bonds. The molecule has 1 aliphatic rings. The van der Waals surface area contributed by atoms with E-state index < -0.39 is 11.6 Å². The largest absolute Gasteiger partial charge is 0.378 e. The Bertz CT molecular complexity index is 950. The third-order valence-electron chi connectivity index (χ3n) is 4.25. The summed E-state index contributed by atoms with van der Waals surface area (Å²) in [6.45, 7) is 2.11. The van der Waals surface area contributed by atoms with E-state index in [4.69, 9.17) is 16.3 Å². The Hall–Kier alpha value is -2.45. The first kappa shape index (κ1) is 17.0. The third-order valence-corrected chi connectivity index (χ3v) is 4.54. The van der Waals surface area contributed by atoms with E-state index in [-0.39, 0.29) is 27.7 Å². The summed E-state index contributed by atoms with van der Waals surface area (Å²) < 4.78 is 47.0. The predicted octanol–water partition coefficient (Wildman–Crippen LogP) is 4.26. The number of nitrogens with one attached hydrogen (secondary N) is 1. The molecule has 5 nitrogen and oxygen atoms in total. The Balaban J connectivity index is 1.79. The maximum Gasteiger partial charge on any atom is 0.243 e. The monoisotopic (exact) mass is 383 g/mol. The quantitative estimate of drug-likeness (QED) is 0.734. The minimum absolute atomic E-state index is 0.0293. The second kappa shape index (κ2) is 6.69. The van der Waals surface area contributed by atoms with Gasteiger partial charge in [0.05, 0.1) is 40.5 Å². The van der Waals surface area contributed by atoms with Crippen LogP contribution in [0.25, 0.3) is 22.3 Å². The normalized spacial score (nSPS) is 14.8. The maximum absolute atomic E-state index is 14.7. The Morgan fingerprint density at radius 2 is 1.81 bits per heavy atom. The lowest BCUT2D eigenvalue weighted by Gasteiger charge is -2.29. The summed E-state index contributed by atoms with van der Waals surface area (Å²) in [5.41, 5.74) is 0.689. The van der Waals surface area contributed by atoms with Crippen molar-refractivity contribution >= 4 is 28.3 Å². The number of nitrogens with zero attached hydrogens (tertiary/aromatic N) is 2. The molecule has 1 saturated heterocycles. The molecule has 0 unspecified atom stereocenters. The molecule has 1 aliphatic heterocycles. The summed E-state index contributed by atoms with van der Waals surface area (Å²) in [5, 5.41) is 0.0293. The molecule has 1 N–H and O–H groups in total. The summed E-state index contributed by atoms with van der Waals surface area (Å²) in [6, 6.07) is 5.18. The van der Waals surface area contributed by atoms with Crippen LogP contribution in [0.5, 0.6) is 5.88 Å². The van der Waals surface area contributed by atoms with E-state index in [0.717, 1.165) is 0 Å². The molecule has 0 radical (unpaired) electrons. The smallest absolute Gasteiger partial charge is 0.243 e. The van der Waals surface area contributed by atoms with Gasteiger partial charge in [-0.15, -0.1) is 0 Å². The zero-order valence-corrected chi connectivity index (χ0v) is 14.1. The van der Waals surface area contributed by atoms with E-state index in [1.807, 2.05) is 4.90 Å². The summed E-state index contributed by atoms with van der Waals surface area (Å²) in [4.78, 5) is 12.2. The Morgan fingerprint density at radius 3 is 2.46 bits per heavy atom. The van der Waals surface area contributed by atoms with E-state index >= 15 is 0 Å². The van der Waals surface area contributed by atoms with Crippen LogP contribution in [0, 0.1) is 11.6 Å². The molecule has 1 fully saturated rings. The number of pyridine rings is 1. The van der Waals surface area contributed by atoms with Gasteiger partial charge in [-0.25, -0.2) is 13.8 Å². The van der Waals surface area contributed by atoms with Crippen LogP contribution in [0.15, 0.2) is 24.3 Å². The molecule has 2 aromatic heterocycles. The highest BCUT2D eigenvalue weighted by Gasteiger charge is 2.21. The SMILES string of the molecule is FOc1cc2nc(-c3c(F)cc(N4CCOCC4)cc3F)c(Cl)cc2[nH]1. The van der Waals surface area contributed by atoms with Crippen molar-refractivity contribution in [1.82, 2.24) is 9.97 Å². The first-order chi connectivity index (χ1) is 12.6. The van der Waals surface area contributed by atoms with Crippen molar-refractivity contribution in [3.8, 4) is 17.1 Å². The lowest BCUT2D eigenvalue weighted by Crippen LogP contribution is -2.36.